The van der Waals surface area contributed by atoms with Crippen LogP contribution in [0.3, 0.4) is 0 Å². The highest BCUT2D eigenvalue weighted by Gasteiger charge is 2.21. The van der Waals surface area contributed by atoms with Crippen molar-refractivity contribution < 1.29 is 14.0 Å². The third kappa shape index (κ3) is 5.80. The second kappa shape index (κ2) is 9.89. The number of hydrogen-bond acceptors (Lipinski definition) is 5. The van der Waals surface area contributed by atoms with Gasteiger partial charge in [-0.3, -0.25) is 19.5 Å². The first kappa shape index (κ1) is 21.3. The van der Waals surface area contributed by atoms with Crippen LogP contribution in [0, 0.1) is 0 Å². The highest BCUT2D eigenvalue weighted by molar-refractivity contribution is 9.10. The second-order valence-corrected chi connectivity index (χ2v) is 8.27. The highest BCUT2D eigenvalue weighted by atomic mass is 79.9. The third-order valence-corrected chi connectivity index (χ3v) is 5.64. The number of furan rings is 1. The molecule has 160 valence electrons. The van der Waals surface area contributed by atoms with Crippen molar-refractivity contribution in [2.24, 2.45) is 0 Å². The average Bonchev–Trinajstić information content (AvgIpc) is 3.22. The number of nitrogens with one attached hydrogen (secondary N) is 2. The Bertz CT molecular complexity index is 1050. The number of carbonyl (C=O) groups excluding carboxylic acids is 2. The summed E-state index contributed by atoms with van der Waals surface area (Å²) in [5.41, 5.74) is 2.11. The van der Waals surface area contributed by atoms with Gasteiger partial charge in [0.1, 0.15) is 0 Å². The molecule has 1 saturated heterocycles. The van der Waals surface area contributed by atoms with Gasteiger partial charge in [0.2, 0.25) is 0 Å². The van der Waals surface area contributed by atoms with E-state index in [4.69, 9.17) is 4.42 Å². The lowest BCUT2D eigenvalue weighted by Gasteiger charge is -2.32. The minimum atomic E-state index is -0.372. The van der Waals surface area contributed by atoms with Crippen molar-refractivity contribution in [2.45, 2.75) is 25.4 Å². The molecule has 2 amide bonds. The number of benzene rings is 1. The van der Waals surface area contributed by atoms with Crippen LogP contribution >= 0.6 is 15.9 Å². The number of aromatic nitrogens is 1. The quantitative estimate of drug-likeness (QED) is 0.552. The molecule has 1 fully saturated rings. The van der Waals surface area contributed by atoms with E-state index < -0.39 is 0 Å². The van der Waals surface area contributed by atoms with Crippen LogP contribution in [0.5, 0.6) is 0 Å². The Morgan fingerprint density at radius 2 is 1.90 bits per heavy atom. The smallest absolute Gasteiger partial charge is 0.291 e. The van der Waals surface area contributed by atoms with Gasteiger partial charge in [-0.25, -0.2) is 0 Å². The molecule has 31 heavy (non-hydrogen) atoms. The summed E-state index contributed by atoms with van der Waals surface area (Å²) in [4.78, 5) is 31.7. The fraction of sp³-hybridized carbons (Fsp3) is 0.261. The number of likely N-dealkylation sites (tertiary alicyclic amines) is 1. The fourth-order valence-corrected chi connectivity index (χ4v) is 3.90. The molecule has 0 unspecified atom stereocenters. The summed E-state index contributed by atoms with van der Waals surface area (Å²) in [6.07, 6.45) is 3.59. The Morgan fingerprint density at radius 1 is 1.06 bits per heavy atom. The first-order valence-electron chi connectivity index (χ1n) is 10.2. The van der Waals surface area contributed by atoms with E-state index >= 15 is 0 Å². The molecule has 3 aromatic rings. The first-order chi connectivity index (χ1) is 15.1. The molecular weight excluding hydrogens is 460 g/mol. The van der Waals surface area contributed by atoms with Crippen LogP contribution in [0.15, 0.2) is 69.9 Å². The summed E-state index contributed by atoms with van der Waals surface area (Å²) in [5, 5.41) is 5.87. The van der Waals surface area contributed by atoms with Crippen LogP contribution in [0.25, 0.3) is 0 Å². The molecule has 7 nitrogen and oxygen atoms in total. The molecule has 0 spiro atoms. The van der Waals surface area contributed by atoms with Crippen LogP contribution in [0.2, 0.25) is 0 Å². The predicted octanol–water partition coefficient (Wildman–Crippen LogP) is 4.08. The maximum absolute atomic E-state index is 12.7. The number of rotatable bonds is 6. The molecule has 0 saturated carbocycles. The van der Waals surface area contributed by atoms with E-state index in [0.717, 1.165) is 38.2 Å². The summed E-state index contributed by atoms with van der Waals surface area (Å²) >= 11 is 3.18. The minimum Gasteiger partial charge on any atom is -0.444 e. The SMILES string of the molecule is O=C(NC1CCN(Cc2ccccn2)CC1)c1cccc(NC(=O)c2ccc(Br)o2)c1. The Balaban J connectivity index is 1.29. The zero-order valence-corrected chi connectivity index (χ0v) is 18.5. The largest absolute Gasteiger partial charge is 0.444 e. The molecule has 4 rings (SSSR count). The standard InChI is InChI=1S/C23H23BrN4O3/c24-21-8-7-20(31-21)23(30)27-18-6-3-4-16(14-18)22(29)26-17-9-12-28(13-10-17)15-19-5-1-2-11-25-19/h1-8,11,14,17H,9-10,12-13,15H2,(H,26,29)(H,27,30). The van der Waals surface area contributed by atoms with E-state index in [2.05, 4.69) is 36.4 Å². The van der Waals surface area contributed by atoms with E-state index in [1.54, 1.807) is 36.4 Å². The van der Waals surface area contributed by atoms with Crippen molar-refractivity contribution in [2.75, 3.05) is 18.4 Å². The number of carbonyl (C=O) groups is 2. The van der Waals surface area contributed by atoms with Crippen molar-refractivity contribution in [1.29, 1.82) is 0 Å². The number of halogens is 1. The van der Waals surface area contributed by atoms with Gasteiger partial charge >= 0.3 is 0 Å². The normalized spacial score (nSPS) is 14.9. The minimum absolute atomic E-state index is 0.131. The van der Waals surface area contributed by atoms with Crippen LogP contribution in [-0.2, 0) is 6.54 Å². The van der Waals surface area contributed by atoms with E-state index in [1.165, 1.54) is 0 Å². The lowest BCUT2D eigenvalue weighted by atomic mass is 10.0. The van der Waals surface area contributed by atoms with Crippen molar-refractivity contribution in [1.82, 2.24) is 15.2 Å². The van der Waals surface area contributed by atoms with Crippen molar-refractivity contribution in [3.63, 3.8) is 0 Å². The van der Waals surface area contributed by atoms with Gasteiger partial charge in [-0.15, -0.1) is 0 Å². The van der Waals surface area contributed by atoms with Gasteiger partial charge in [0.25, 0.3) is 11.8 Å². The lowest BCUT2D eigenvalue weighted by Crippen LogP contribution is -2.44. The van der Waals surface area contributed by atoms with Crippen molar-refractivity contribution in [3.05, 3.63) is 82.5 Å². The predicted molar refractivity (Wildman–Crippen MR) is 121 cm³/mol. The summed E-state index contributed by atoms with van der Waals surface area (Å²) in [6.45, 7) is 2.65. The maximum atomic E-state index is 12.7. The van der Waals surface area contributed by atoms with Gasteiger partial charge in [-0.05, 0) is 71.2 Å². The van der Waals surface area contributed by atoms with Gasteiger partial charge in [0.15, 0.2) is 10.4 Å². The van der Waals surface area contributed by atoms with Gasteiger partial charge in [-0.1, -0.05) is 12.1 Å². The second-order valence-electron chi connectivity index (χ2n) is 7.48. The van der Waals surface area contributed by atoms with Gasteiger partial charge in [0, 0.05) is 43.1 Å². The molecule has 0 bridgehead atoms. The number of anilines is 1. The molecule has 3 heterocycles. The van der Waals surface area contributed by atoms with Crippen LogP contribution in [0.4, 0.5) is 5.69 Å². The Labute approximate surface area is 189 Å². The van der Waals surface area contributed by atoms with Gasteiger partial charge < -0.3 is 15.1 Å². The summed E-state index contributed by atoms with van der Waals surface area (Å²) in [6, 6.07) is 16.2. The highest BCUT2D eigenvalue weighted by Crippen LogP contribution is 2.18. The molecule has 0 atom stereocenters. The zero-order valence-electron chi connectivity index (χ0n) is 16.9. The maximum Gasteiger partial charge on any atom is 0.291 e. The molecule has 0 radical (unpaired) electrons. The van der Waals surface area contributed by atoms with Crippen molar-refractivity contribution >= 4 is 33.4 Å². The van der Waals surface area contributed by atoms with E-state index in [-0.39, 0.29) is 23.6 Å². The molecule has 1 aliphatic rings. The molecule has 2 N–H and O–H groups in total. The molecule has 8 heteroatoms. The van der Waals surface area contributed by atoms with Crippen molar-refractivity contribution in [3.8, 4) is 0 Å². The van der Waals surface area contributed by atoms with E-state index in [0.29, 0.717) is 15.9 Å². The molecule has 2 aromatic heterocycles. The molecular formula is C23H23BrN4O3. The van der Waals surface area contributed by atoms with E-state index in [9.17, 15) is 9.59 Å². The van der Waals surface area contributed by atoms with Crippen LogP contribution < -0.4 is 10.6 Å². The summed E-state index contributed by atoms with van der Waals surface area (Å²) in [7, 11) is 0. The number of hydrogen-bond donors (Lipinski definition) is 2. The number of nitrogens with zero attached hydrogens (tertiary/aromatic N) is 2. The van der Waals surface area contributed by atoms with E-state index in [1.807, 2.05) is 24.4 Å². The average molecular weight is 483 g/mol. The first-order valence-corrected chi connectivity index (χ1v) is 11.0. The summed E-state index contributed by atoms with van der Waals surface area (Å²) in [5.74, 6) is -0.317. The fourth-order valence-electron chi connectivity index (χ4n) is 3.59. The zero-order chi connectivity index (χ0) is 21.6. The molecule has 1 aliphatic heterocycles. The topological polar surface area (TPSA) is 87.5 Å². The Hall–Kier alpha value is -2.97. The molecule has 0 aliphatic carbocycles. The number of piperidine rings is 1. The monoisotopic (exact) mass is 482 g/mol. The van der Waals surface area contributed by atoms with Gasteiger partial charge in [0.05, 0.1) is 5.69 Å². The summed E-state index contributed by atoms with van der Waals surface area (Å²) < 4.78 is 5.74. The number of pyridine rings is 1. The Morgan fingerprint density at radius 3 is 2.61 bits per heavy atom. The van der Waals surface area contributed by atoms with Crippen LogP contribution in [-0.4, -0.2) is 40.8 Å². The lowest BCUT2D eigenvalue weighted by molar-refractivity contribution is 0.0907. The third-order valence-electron chi connectivity index (χ3n) is 5.21. The van der Waals surface area contributed by atoms with Crippen LogP contribution in [0.1, 0.15) is 39.4 Å². The molecule has 1 aromatic carbocycles. The van der Waals surface area contributed by atoms with Gasteiger partial charge in [-0.2, -0.15) is 0 Å². The Kier molecular flexibility index (Phi) is 6.79. The number of amides is 2.